The predicted octanol–water partition coefficient (Wildman–Crippen LogP) is 3.47. The summed E-state index contributed by atoms with van der Waals surface area (Å²) in [6, 6.07) is 10.9. The van der Waals surface area contributed by atoms with Gasteiger partial charge >= 0.3 is 0 Å². The molecule has 0 saturated carbocycles. The van der Waals surface area contributed by atoms with Crippen LogP contribution in [0.1, 0.15) is 58.1 Å². The number of benzene rings is 1. The Morgan fingerprint density at radius 2 is 1.93 bits per heavy atom. The Labute approximate surface area is 199 Å². The molecular weight excluding hydrogens is 491 g/mol. The summed E-state index contributed by atoms with van der Waals surface area (Å²) in [6.07, 6.45) is 3.77. The van der Waals surface area contributed by atoms with Gasteiger partial charge in [0.2, 0.25) is 0 Å². The Hall–Kier alpha value is -0.900. The van der Waals surface area contributed by atoms with Crippen molar-refractivity contribution in [3.63, 3.8) is 0 Å². The van der Waals surface area contributed by atoms with Crippen molar-refractivity contribution >= 4 is 29.9 Å². The van der Waals surface area contributed by atoms with Gasteiger partial charge in [0.1, 0.15) is 0 Å². The van der Waals surface area contributed by atoms with Crippen LogP contribution in [0.25, 0.3) is 0 Å². The van der Waals surface area contributed by atoms with Crippen molar-refractivity contribution in [2.75, 3.05) is 40.0 Å². The van der Waals surface area contributed by atoms with E-state index < -0.39 is 0 Å². The van der Waals surface area contributed by atoms with Crippen molar-refractivity contribution in [3.8, 4) is 0 Å². The van der Waals surface area contributed by atoms with E-state index in [0.29, 0.717) is 6.61 Å². The lowest BCUT2D eigenvalue weighted by molar-refractivity contribution is 0.127. The van der Waals surface area contributed by atoms with Gasteiger partial charge in [0, 0.05) is 50.3 Å². The molecule has 1 fully saturated rings. The molecule has 0 bridgehead atoms. The molecule has 2 unspecified atom stereocenters. The van der Waals surface area contributed by atoms with Crippen LogP contribution >= 0.6 is 24.0 Å². The smallest absolute Gasteiger partial charge is 0.191 e. The topological polar surface area (TPSA) is 77.9 Å². The number of guanidine groups is 1. The van der Waals surface area contributed by atoms with Gasteiger partial charge in [0.15, 0.2) is 5.96 Å². The fourth-order valence-electron chi connectivity index (χ4n) is 4.10. The van der Waals surface area contributed by atoms with Gasteiger partial charge in [-0.1, -0.05) is 44.2 Å². The van der Waals surface area contributed by atoms with Gasteiger partial charge in [0.05, 0.1) is 6.61 Å². The Bertz CT molecular complexity index is 617. The third-order valence-electron chi connectivity index (χ3n) is 6.45. The van der Waals surface area contributed by atoms with E-state index in [-0.39, 0.29) is 47.6 Å². The Balaban J connectivity index is 0.00000450. The van der Waals surface area contributed by atoms with Crippen LogP contribution in [0.2, 0.25) is 0 Å². The van der Waals surface area contributed by atoms with Crippen molar-refractivity contribution in [2.24, 2.45) is 10.4 Å². The molecule has 6 nitrogen and oxygen atoms in total. The fraction of sp³-hybridized carbons (Fsp3) is 0.696. The lowest BCUT2D eigenvalue weighted by atomic mass is 9.84. The molecular formula is C23H41IN4O2. The van der Waals surface area contributed by atoms with Crippen LogP contribution in [0.15, 0.2) is 35.3 Å². The van der Waals surface area contributed by atoms with E-state index in [9.17, 15) is 5.11 Å². The van der Waals surface area contributed by atoms with Crippen LogP contribution in [-0.4, -0.2) is 56.6 Å². The quantitative estimate of drug-likeness (QED) is 0.200. The zero-order valence-electron chi connectivity index (χ0n) is 19.0. The van der Waals surface area contributed by atoms with E-state index in [1.165, 1.54) is 5.56 Å². The molecule has 4 N–H and O–H groups in total. The van der Waals surface area contributed by atoms with E-state index in [0.717, 1.165) is 51.3 Å². The maximum absolute atomic E-state index is 9.43. The van der Waals surface area contributed by atoms with Crippen LogP contribution in [0, 0.1) is 5.41 Å². The average molecular weight is 533 g/mol. The summed E-state index contributed by atoms with van der Waals surface area (Å²) >= 11 is 0. The lowest BCUT2D eigenvalue weighted by Crippen LogP contribution is -2.55. The van der Waals surface area contributed by atoms with E-state index in [1.807, 2.05) is 0 Å². The second kappa shape index (κ2) is 13.5. The van der Waals surface area contributed by atoms with Gasteiger partial charge in [-0.15, -0.1) is 24.0 Å². The van der Waals surface area contributed by atoms with Gasteiger partial charge in [-0.25, -0.2) is 0 Å². The Morgan fingerprint density at radius 3 is 2.47 bits per heavy atom. The highest BCUT2D eigenvalue weighted by atomic mass is 127. The molecule has 0 spiro atoms. The van der Waals surface area contributed by atoms with Gasteiger partial charge in [-0.3, -0.25) is 4.99 Å². The molecule has 0 aliphatic carbocycles. The first kappa shape index (κ1) is 27.1. The van der Waals surface area contributed by atoms with Gasteiger partial charge in [-0.05, 0) is 38.2 Å². The second-order valence-corrected chi connectivity index (χ2v) is 8.32. The maximum atomic E-state index is 9.43. The number of halogens is 1. The molecule has 172 valence electrons. The first-order chi connectivity index (χ1) is 14.0. The predicted molar refractivity (Wildman–Crippen MR) is 136 cm³/mol. The Morgan fingerprint density at radius 1 is 1.23 bits per heavy atom. The molecule has 2 rings (SSSR count). The van der Waals surface area contributed by atoms with Gasteiger partial charge < -0.3 is 25.8 Å². The van der Waals surface area contributed by atoms with Gasteiger partial charge in [-0.2, -0.15) is 0 Å². The van der Waals surface area contributed by atoms with Crippen LogP contribution in [0.3, 0.4) is 0 Å². The number of aliphatic hydroxyl groups is 1. The number of aliphatic hydroxyl groups excluding tert-OH is 1. The SMILES string of the molecule is CCC(CC)(CNC(=NC)NCC1(CCO)CCOC1)NC(C)c1ccccc1.I. The van der Waals surface area contributed by atoms with Crippen LogP contribution in [0.4, 0.5) is 0 Å². The highest BCUT2D eigenvalue weighted by Gasteiger charge is 2.35. The van der Waals surface area contributed by atoms with Crippen molar-refractivity contribution in [2.45, 2.75) is 58.0 Å². The molecule has 1 saturated heterocycles. The minimum absolute atomic E-state index is 0. The molecule has 1 aromatic carbocycles. The molecule has 1 heterocycles. The summed E-state index contributed by atoms with van der Waals surface area (Å²) in [7, 11) is 1.80. The largest absolute Gasteiger partial charge is 0.396 e. The highest BCUT2D eigenvalue weighted by Crippen LogP contribution is 2.31. The van der Waals surface area contributed by atoms with E-state index in [4.69, 9.17) is 4.74 Å². The van der Waals surface area contributed by atoms with E-state index >= 15 is 0 Å². The molecule has 2 atom stereocenters. The molecule has 0 radical (unpaired) electrons. The second-order valence-electron chi connectivity index (χ2n) is 8.32. The number of nitrogens with zero attached hydrogens (tertiary/aromatic N) is 1. The summed E-state index contributed by atoms with van der Waals surface area (Å²) in [4.78, 5) is 4.41. The zero-order chi connectivity index (χ0) is 21.2. The number of nitrogens with one attached hydrogen (secondary N) is 3. The molecule has 1 aliphatic rings. The first-order valence-electron chi connectivity index (χ1n) is 11.0. The normalized spacial score (nSPS) is 20.5. The highest BCUT2D eigenvalue weighted by molar-refractivity contribution is 14.0. The molecule has 0 amide bonds. The van der Waals surface area contributed by atoms with Gasteiger partial charge in [0.25, 0.3) is 0 Å². The standard InChI is InChI=1S/C23H40N4O2.HI/c1-5-23(6-2,27-19(3)20-10-8-7-9-11-20)17-26-21(24-4)25-16-22(12-14-28)13-15-29-18-22;/h7-11,19,27-28H,5-6,12-18H2,1-4H3,(H2,24,25,26);1H. The molecule has 7 heteroatoms. The minimum Gasteiger partial charge on any atom is -0.396 e. The van der Waals surface area contributed by atoms with Crippen molar-refractivity contribution in [3.05, 3.63) is 35.9 Å². The van der Waals surface area contributed by atoms with Crippen molar-refractivity contribution in [1.82, 2.24) is 16.0 Å². The fourth-order valence-corrected chi connectivity index (χ4v) is 4.10. The number of ether oxygens (including phenoxy) is 1. The molecule has 1 aromatic rings. The third kappa shape index (κ3) is 7.66. The summed E-state index contributed by atoms with van der Waals surface area (Å²) in [5, 5.41) is 20.3. The monoisotopic (exact) mass is 532 g/mol. The third-order valence-corrected chi connectivity index (χ3v) is 6.45. The van der Waals surface area contributed by atoms with E-state index in [1.54, 1.807) is 7.05 Å². The van der Waals surface area contributed by atoms with Crippen molar-refractivity contribution < 1.29 is 9.84 Å². The molecule has 0 aromatic heterocycles. The van der Waals surface area contributed by atoms with Crippen LogP contribution < -0.4 is 16.0 Å². The van der Waals surface area contributed by atoms with Crippen LogP contribution in [0.5, 0.6) is 0 Å². The minimum atomic E-state index is -0.0217. The average Bonchev–Trinajstić information content (AvgIpc) is 3.22. The maximum Gasteiger partial charge on any atom is 0.191 e. The zero-order valence-corrected chi connectivity index (χ0v) is 21.4. The number of rotatable bonds is 11. The van der Waals surface area contributed by atoms with Crippen LogP contribution in [-0.2, 0) is 4.74 Å². The molecule has 30 heavy (non-hydrogen) atoms. The Kier molecular flexibility index (Phi) is 12.2. The summed E-state index contributed by atoms with van der Waals surface area (Å²) in [5.41, 5.74) is 1.28. The number of aliphatic imine (C=N–C) groups is 1. The molecule has 1 aliphatic heterocycles. The van der Waals surface area contributed by atoms with E-state index in [2.05, 4.69) is 72.0 Å². The summed E-state index contributed by atoms with van der Waals surface area (Å²) < 4.78 is 5.59. The first-order valence-corrected chi connectivity index (χ1v) is 11.0. The summed E-state index contributed by atoms with van der Waals surface area (Å²) in [5.74, 6) is 0.801. The van der Waals surface area contributed by atoms with Crippen molar-refractivity contribution in [1.29, 1.82) is 0 Å². The number of hydrogen-bond acceptors (Lipinski definition) is 4. The number of hydrogen-bond donors (Lipinski definition) is 4. The summed E-state index contributed by atoms with van der Waals surface area (Å²) in [6.45, 7) is 9.89. The lowest BCUT2D eigenvalue weighted by Gasteiger charge is -2.37.